The molecule has 2 N–H and O–H groups in total. The Morgan fingerprint density at radius 1 is 1.43 bits per heavy atom. The fourth-order valence-electron chi connectivity index (χ4n) is 1.59. The molecule has 5 nitrogen and oxygen atoms in total. The summed E-state index contributed by atoms with van der Waals surface area (Å²) >= 11 is 0. The molecule has 76 valence electrons. The molecule has 1 heterocycles. The number of likely N-dealkylation sites (tertiary alicyclic amines) is 1. The van der Waals surface area contributed by atoms with Gasteiger partial charge in [0.25, 0.3) is 0 Å². The number of carbonyl (C=O) groups excluding carboxylic acids is 1. The number of carbonyl (C=O) groups is 1. The molecule has 5 heteroatoms. The molecule has 0 radical (unpaired) electrons. The van der Waals surface area contributed by atoms with Crippen molar-refractivity contribution in [2.45, 2.75) is 25.7 Å². The fourth-order valence-corrected chi connectivity index (χ4v) is 1.59. The highest BCUT2D eigenvalue weighted by molar-refractivity contribution is 5.99. The molecule has 1 aliphatic rings. The van der Waals surface area contributed by atoms with E-state index in [1.54, 1.807) is 6.19 Å². The Morgan fingerprint density at radius 2 is 2.07 bits per heavy atom. The van der Waals surface area contributed by atoms with Crippen molar-refractivity contribution in [3.05, 3.63) is 0 Å². The molecule has 1 saturated heterocycles. The molecule has 0 spiro atoms. The molecule has 1 rings (SSSR count). The van der Waals surface area contributed by atoms with E-state index in [4.69, 9.17) is 11.0 Å². The summed E-state index contributed by atoms with van der Waals surface area (Å²) in [6, 6.07) is 0. The Kier molecular flexibility index (Phi) is 3.92. The van der Waals surface area contributed by atoms with Crippen molar-refractivity contribution in [2.75, 3.05) is 13.1 Å². The molecule has 1 aliphatic heterocycles. The first-order valence-corrected chi connectivity index (χ1v) is 4.73. The number of nitriles is 1. The Balaban J connectivity index is 2.62. The van der Waals surface area contributed by atoms with Gasteiger partial charge in [-0.1, -0.05) is 0 Å². The lowest BCUT2D eigenvalue weighted by Gasteiger charge is -2.28. The summed E-state index contributed by atoms with van der Waals surface area (Å²) in [6.07, 6.45) is 5.15. The Morgan fingerprint density at radius 3 is 2.57 bits per heavy atom. The maximum atomic E-state index is 10.7. The first-order chi connectivity index (χ1) is 6.74. The fraction of sp³-hybridized carbons (Fsp3) is 0.667. The van der Waals surface area contributed by atoms with Gasteiger partial charge in [-0.15, -0.1) is 0 Å². The summed E-state index contributed by atoms with van der Waals surface area (Å²) in [4.78, 5) is 16.3. The molecule has 0 bridgehead atoms. The van der Waals surface area contributed by atoms with Crippen LogP contribution in [0.2, 0.25) is 0 Å². The molecule has 0 aromatic heterocycles. The third-order valence-corrected chi connectivity index (χ3v) is 2.23. The monoisotopic (exact) mass is 194 g/mol. The molecule has 0 saturated carbocycles. The third kappa shape index (κ3) is 3.05. The maximum absolute atomic E-state index is 10.7. The lowest BCUT2D eigenvalue weighted by molar-refractivity contribution is -0.117. The third-order valence-electron chi connectivity index (χ3n) is 2.23. The van der Waals surface area contributed by atoms with Crippen LogP contribution in [0.4, 0.5) is 0 Å². The summed E-state index contributed by atoms with van der Waals surface area (Å²) in [7, 11) is 0. The number of amidine groups is 1. The number of hydrogen-bond acceptors (Lipinski definition) is 3. The standard InChI is InChI=1S/C9H14N4O/c10-7-12-9(6-8(11)14)13-4-2-1-3-5-13/h1-6H2,(H2,11,14). The smallest absolute Gasteiger partial charge is 0.225 e. The molecule has 0 aromatic rings. The van der Waals surface area contributed by atoms with Crippen molar-refractivity contribution in [1.29, 1.82) is 5.26 Å². The number of aliphatic imine (C=N–C) groups is 1. The van der Waals surface area contributed by atoms with Crippen LogP contribution < -0.4 is 5.73 Å². The summed E-state index contributed by atoms with van der Waals surface area (Å²) in [5, 5.41) is 8.46. The van der Waals surface area contributed by atoms with Gasteiger partial charge in [0.1, 0.15) is 5.84 Å². The first-order valence-electron chi connectivity index (χ1n) is 4.73. The number of nitrogens with zero attached hydrogens (tertiary/aromatic N) is 3. The van der Waals surface area contributed by atoms with E-state index >= 15 is 0 Å². The minimum Gasteiger partial charge on any atom is -0.369 e. The van der Waals surface area contributed by atoms with Gasteiger partial charge in [-0.25, -0.2) is 0 Å². The molecule has 0 unspecified atom stereocenters. The second-order valence-electron chi connectivity index (χ2n) is 3.32. The van der Waals surface area contributed by atoms with E-state index in [9.17, 15) is 4.79 Å². The maximum Gasteiger partial charge on any atom is 0.225 e. The van der Waals surface area contributed by atoms with E-state index in [0.717, 1.165) is 25.9 Å². The first kappa shape index (κ1) is 10.5. The topological polar surface area (TPSA) is 82.5 Å². The summed E-state index contributed by atoms with van der Waals surface area (Å²) in [6.45, 7) is 1.74. The Bertz CT molecular complexity index is 273. The lowest BCUT2D eigenvalue weighted by Crippen LogP contribution is -2.37. The zero-order valence-corrected chi connectivity index (χ0v) is 8.07. The lowest BCUT2D eigenvalue weighted by atomic mass is 10.1. The highest BCUT2D eigenvalue weighted by Gasteiger charge is 2.16. The van der Waals surface area contributed by atoms with E-state index in [-0.39, 0.29) is 6.42 Å². The second kappa shape index (κ2) is 5.22. The van der Waals surface area contributed by atoms with Crippen molar-refractivity contribution in [1.82, 2.24) is 4.90 Å². The second-order valence-corrected chi connectivity index (χ2v) is 3.32. The number of nitrogens with two attached hydrogens (primary N) is 1. The highest BCUT2D eigenvalue weighted by Crippen LogP contribution is 2.10. The van der Waals surface area contributed by atoms with Gasteiger partial charge in [-0.05, 0) is 19.3 Å². The molecular weight excluding hydrogens is 180 g/mol. The van der Waals surface area contributed by atoms with Crippen molar-refractivity contribution >= 4 is 11.7 Å². The van der Waals surface area contributed by atoms with Crippen molar-refractivity contribution in [2.24, 2.45) is 10.7 Å². The van der Waals surface area contributed by atoms with E-state index < -0.39 is 5.91 Å². The van der Waals surface area contributed by atoms with Gasteiger partial charge in [0.15, 0.2) is 0 Å². The van der Waals surface area contributed by atoms with E-state index in [0.29, 0.717) is 5.84 Å². The quantitative estimate of drug-likeness (QED) is 0.388. The van der Waals surface area contributed by atoms with Crippen molar-refractivity contribution in [3.8, 4) is 6.19 Å². The van der Waals surface area contributed by atoms with Gasteiger partial charge in [-0.2, -0.15) is 10.3 Å². The molecule has 0 aromatic carbocycles. The average Bonchev–Trinajstić information content (AvgIpc) is 2.18. The zero-order chi connectivity index (χ0) is 10.4. The zero-order valence-electron chi connectivity index (χ0n) is 8.07. The summed E-state index contributed by atoms with van der Waals surface area (Å²) in [5.41, 5.74) is 5.07. The molecule has 0 atom stereocenters. The number of amides is 1. The van der Waals surface area contributed by atoms with Crippen LogP contribution in [0.3, 0.4) is 0 Å². The van der Waals surface area contributed by atoms with Crippen LogP contribution in [-0.2, 0) is 4.79 Å². The van der Waals surface area contributed by atoms with Crippen LogP contribution >= 0.6 is 0 Å². The van der Waals surface area contributed by atoms with Crippen LogP contribution in [0.25, 0.3) is 0 Å². The van der Waals surface area contributed by atoms with Gasteiger partial charge in [0.2, 0.25) is 12.1 Å². The van der Waals surface area contributed by atoms with Crippen LogP contribution in [0, 0.1) is 11.5 Å². The predicted octanol–water partition coefficient (Wildman–Crippen LogP) is 0.227. The molecular formula is C9H14N4O. The number of primary amides is 1. The van der Waals surface area contributed by atoms with Crippen LogP contribution in [-0.4, -0.2) is 29.7 Å². The minimum absolute atomic E-state index is 0.0631. The van der Waals surface area contributed by atoms with Gasteiger partial charge >= 0.3 is 0 Å². The van der Waals surface area contributed by atoms with Gasteiger partial charge in [-0.3, -0.25) is 4.79 Å². The Labute approximate surface area is 83.2 Å². The van der Waals surface area contributed by atoms with Crippen molar-refractivity contribution < 1.29 is 4.79 Å². The number of piperidine rings is 1. The minimum atomic E-state index is -0.440. The van der Waals surface area contributed by atoms with Crippen molar-refractivity contribution in [3.63, 3.8) is 0 Å². The van der Waals surface area contributed by atoms with E-state index in [1.165, 1.54) is 6.42 Å². The normalized spacial score (nSPS) is 17.6. The summed E-state index contributed by atoms with van der Waals surface area (Å²) < 4.78 is 0. The average molecular weight is 194 g/mol. The van der Waals surface area contributed by atoms with Crippen LogP contribution in [0.1, 0.15) is 25.7 Å². The Hall–Kier alpha value is -1.57. The SMILES string of the molecule is N#CN=C(CC(N)=O)N1CCCCC1. The molecule has 14 heavy (non-hydrogen) atoms. The molecule has 0 aliphatic carbocycles. The van der Waals surface area contributed by atoms with Gasteiger partial charge in [0.05, 0.1) is 6.42 Å². The van der Waals surface area contributed by atoms with E-state index in [2.05, 4.69) is 4.99 Å². The summed E-state index contributed by atoms with van der Waals surface area (Å²) in [5.74, 6) is 0.0734. The molecule has 1 fully saturated rings. The van der Waals surface area contributed by atoms with Gasteiger partial charge in [0, 0.05) is 13.1 Å². The van der Waals surface area contributed by atoms with Crippen LogP contribution in [0.5, 0.6) is 0 Å². The number of hydrogen-bond donors (Lipinski definition) is 1. The number of rotatable bonds is 2. The largest absolute Gasteiger partial charge is 0.369 e. The van der Waals surface area contributed by atoms with Crippen LogP contribution in [0.15, 0.2) is 4.99 Å². The van der Waals surface area contributed by atoms with E-state index in [1.807, 2.05) is 4.90 Å². The molecule has 1 amide bonds. The predicted molar refractivity (Wildman–Crippen MR) is 52.3 cm³/mol. The highest BCUT2D eigenvalue weighted by atomic mass is 16.1. The van der Waals surface area contributed by atoms with Gasteiger partial charge < -0.3 is 10.6 Å².